The summed E-state index contributed by atoms with van der Waals surface area (Å²) in [5.74, 6) is 0.585. The van der Waals surface area contributed by atoms with Gasteiger partial charge in [-0.2, -0.15) is 13.5 Å². The number of anilines is 3. The van der Waals surface area contributed by atoms with Gasteiger partial charge in [0.25, 0.3) is 0 Å². The average molecular weight is 551 g/mol. The first-order valence-electron chi connectivity index (χ1n) is 11.5. The number of benzene rings is 3. The Morgan fingerprint density at radius 1 is 1.08 bits per heavy atom. The lowest BCUT2D eigenvalue weighted by Crippen LogP contribution is -2.38. The van der Waals surface area contributed by atoms with Crippen molar-refractivity contribution in [2.24, 2.45) is 0 Å². The number of nitrogens with zero attached hydrogens (tertiary/aromatic N) is 1. The smallest absolute Gasteiger partial charge is 0.326 e. The van der Waals surface area contributed by atoms with Gasteiger partial charge in [-0.05, 0) is 72.9 Å². The molecule has 36 heavy (non-hydrogen) atoms. The highest BCUT2D eigenvalue weighted by Crippen LogP contribution is 2.37. The van der Waals surface area contributed by atoms with Crippen LogP contribution in [0.15, 0.2) is 48.5 Å². The van der Waals surface area contributed by atoms with Gasteiger partial charge in [-0.1, -0.05) is 49.2 Å². The molecule has 2 amide bonds. The molecule has 0 heterocycles. The van der Waals surface area contributed by atoms with Crippen LogP contribution in [0.5, 0.6) is 5.75 Å². The van der Waals surface area contributed by atoms with Gasteiger partial charge >= 0.3 is 6.03 Å². The molecule has 0 spiro atoms. The second kappa shape index (κ2) is 13.1. The first kappa shape index (κ1) is 29.6. The molecule has 0 aromatic heterocycles. The van der Waals surface area contributed by atoms with E-state index >= 15 is 0 Å². The van der Waals surface area contributed by atoms with Crippen LogP contribution in [0, 0.1) is 0 Å². The molecule has 0 aliphatic carbocycles. The summed E-state index contributed by atoms with van der Waals surface area (Å²) in [6.45, 7) is 5.61. The predicted molar refractivity (Wildman–Crippen MR) is 155 cm³/mol. The number of nitrogen functional groups attached to an aromatic ring is 1. The van der Waals surface area contributed by atoms with Crippen molar-refractivity contribution in [2.75, 3.05) is 23.1 Å². The molecule has 6 nitrogen and oxygen atoms in total. The zero-order valence-electron chi connectivity index (χ0n) is 20.9. The second-order valence-corrected chi connectivity index (χ2v) is 9.01. The number of aliphatic hydroxyl groups excluding tert-OH is 1. The van der Waals surface area contributed by atoms with Crippen molar-refractivity contribution in [2.45, 2.75) is 46.3 Å². The van der Waals surface area contributed by atoms with E-state index in [0.717, 1.165) is 16.7 Å². The number of aliphatic hydroxyl groups is 1. The van der Waals surface area contributed by atoms with Crippen LogP contribution in [0.3, 0.4) is 0 Å². The maximum atomic E-state index is 14.0. The van der Waals surface area contributed by atoms with Crippen molar-refractivity contribution in [3.63, 3.8) is 0 Å². The van der Waals surface area contributed by atoms with E-state index in [1.165, 1.54) is 0 Å². The van der Waals surface area contributed by atoms with E-state index in [9.17, 15) is 9.90 Å². The van der Waals surface area contributed by atoms with Gasteiger partial charge in [0, 0.05) is 21.3 Å². The molecule has 4 N–H and O–H groups in total. The van der Waals surface area contributed by atoms with Crippen molar-refractivity contribution in [1.82, 2.24) is 0 Å². The molecule has 0 aliphatic heterocycles. The molecule has 3 rings (SSSR count). The number of ether oxygens (including phenoxy) is 1. The number of nitrogens with one attached hydrogen (secondary N) is 1. The van der Waals surface area contributed by atoms with Gasteiger partial charge in [0.2, 0.25) is 0 Å². The number of halogens is 2. The third kappa shape index (κ3) is 6.21. The third-order valence-corrected chi connectivity index (χ3v) is 6.73. The van der Waals surface area contributed by atoms with E-state index in [-0.39, 0.29) is 26.1 Å². The second-order valence-electron chi connectivity index (χ2n) is 8.17. The summed E-state index contributed by atoms with van der Waals surface area (Å²) in [6.07, 6.45) is 1.25. The Morgan fingerprint density at radius 2 is 1.72 bits per heavy atom. The Bertz CT molecular complexity index is 1180. The normalized spacial score (nSPS) is 11.4. The van der Waals surface area contributed by atoms with Gasteiger partial charge in [0.05, 0.1) is 31.1 Å². The van der Waals surface area contributed by atoms with Crippen LogP contribution in [-0.2, 0) is 19.4 Å². The zero-order chi connectivity index (χ0) is 25.7. The number of carbonyl (C=O) groups is 1. The summed E-state index contributed by atoms with van der Waals surface area (Å²) >= 11 is 12.6. The lowest BCUT2D eigenvalue weighted by atomic mass is 10.0. The highest BCUT2D eigenvalue weighted by molar-refractivity contribution is 7.59. The summed E-state index contributed by atoms with van der Waals surface area (Å²) in [4.78, 5) is 15.6. The largest absolute Gasteiger partial charge is 0.497 e. The molecule has 0 unspecified atom stereocenters. The number of methoxy groups -OCH3 is 1. The molecular weight excluding hydrogens is 517 g/mol. The molecular formula is C27H33Cl2N3O3S. The van der Waals surface area contributed by atoms with Crippen LogP contribution < -0.4 is 20.7 Å². The van der Waals surface area contributed by atoms with Crippen LogP contribution in [-0.4, -0.2) is 18.2 Å². The number of amides is 2. The van der Waals surface area contributed by atoms with Crippen molar-refractivity contribution in [3.05, 3.63) is 80.8 Å². The molecule has 0 radical (unpaired) electrons. The Balaban J connectivity index is 0.00000456. The standard InChI is InChI=1S/C27H31Cl2N3O3.H2S/c1-5-21-23(29)14-24(30)22(6-2)26(21)31-27(34)32(16(3)17-7-9-19(28)10-8-17)25-12-11-20(35-4)13-18(25)15-33;/h7-14,16,33H,5-6,15,30H2,1-4H3,(H,31,34);1H2/t16-;/m0./s1. The van der Waals surface area contributed by atoms with Crippen molar-refractivity contribution in [1.29, 1.82) is 0 Å². The van der Waals surface area contributed by atoms with E-state index in [4.69, 9.17) is 33.7 Å². The van der Waals surface area contributed by atoms with E-state index in [1.807, 2.05) is 32.9 Å². The van der Waals surface area contributed by atoms with Gasteiger partial charge in [-0.25, -0.2) is 4.79 Å². The number of hydrogen-bond acceptors (Lipinski definition) is 4. The van der Waals surface area contributed by atoms with E-state index in [1.54, 1.807) is 48.4 Å². The van der Waals surface area contributed by atoms with Crippen LogP contribution in [0.25, 0.3) is 0 Å². The molecule has 1 atom stereocenters. The maximum Gasteiger partial charge on any atom is 0.326 e. The fraction of sp³-hybridized carbons (Fsp3) is 0.296. The quantitative estimate of drug-likeness (QED) is 0.261. The molecule has 194 valence electrons. The summed E-state index contributed by atoms with van der Waals surface area (Å²) in [5, 5.41) is 14.3. The van der Waals surface area contributed by atoms with Crippen molar-refractivity contribution >= 4 is 59.8 Å². The van der Waals surface area contributed by atoms with Gasteiger partial charge in [0.1, 0.15) is 5.75 Å². The molecule has 0 saturated carbocycles. The Labute approximate surface area is 229 Å². The minimum Gasteiger partial charge on any atom is -0.497 e. The van der Waals surface area contributed by atoms with Gasteiger partial charge in [0.15, 0.2) is 0 Å². The Hall–Kier alpha value is -2.58. The summed E-state index contributed by atoms with van der Waals surface area (Å²) < 4.78 is 5.32. The predicted octanol–water partition coefficient (Wildman–Crippen LogP) is 7.11. The van der Waals surface area contributed by atoms with E-state index in [2.05, 4.69) is 5.32 Å². The SMILES string of the molecule is CCc1c(N)cc(Cl)c(CC)c1NC(=O)N(c1ccc(OC)cc1CO)[C@@H](C)c1ccc(Cl)cc1.S. The topological polar surface area (TPSA) is 87.8 Å². The fourth-order valence-electron chi connectivity index (χ4n) is 4.24. The Kier molecular flexibility index (Phi) is 10.8. The summed E-state index contributed by atoms with van der Waals surface area (Å²) in [5.41, 5.74) is 11.0. The number of hydrogen-bond donors (Lipinski definition) is 3. The van der Waals surface area contributed by atoms with Crippen LogP contribution in [0.1, 0.15) is 49.1 Å². The van der Waals surface area contributed by atoms with Gasteiger partial charge in [-0.3, -0.25) is 4.90 Å². The first-order chi connectivity index (χ1) is 16.7. The van der Waals surface area contributed by atoms with Crippen molar-refractivity contribution < 1.29 is 14.6 Å². The zero-order valence-corrected chi connectivity index (χ0v) is 23.4. The molecule has 3 aromatic rings. The minimum absolute atomic E-state index is 0. The first-order valence-corrected chi connectivity index (χ1v) is 12.2. The number of nitrogens with two attached hydrogens (primary N) is 1. The highest BCUT2D eigenvalue weighted by atomic mass is 35.5. The molecule has 0 saturated heterocycles. The van der Waals surface area contributed by atoms with Crippen molar-refractivity contribution in [3.8, 4) is 5.75 Å². The number of carbonyl (C=O) groups excluding carboxylic acids is 1. The van der Waals surface area contributed by atoms with E-state index < -0.39 is 6.04 Å². The molecule has 0 bridgehead atoms. The highest BCUT2D eigenvalue weighted by Gasteiger charge is 2.28. The maximum absolute atomic E-state index is 14.0. The number of rotatable bonds is 8. The third-order valence-electron chi connectivity index (χ3n) is 6.14. The fourth-order valence-corrected chi connectivity index (χ4v) is 4.71. The van der Waals surface area contributed by atoms with Crippen LogP contribution >= 0.6 is 36.7 Å². The molecule has 0 aliphatic rings. The van der Waals surface area contributed by atoms with Gasteiger partial charge < -0.3 is 20.9 Å². The summed E-state index contributed by atoms with van der Waals surface area (Å²) in [7, 11) is 1.55. The monoisotopic (exact) mass is 549 g/mol. The van der Waals surface area contributed by atoms with Crippen LogP contribution in [0.4, 0.5) is 21.9 Å². The minimum atomic E-state index is -0.391. The molecule has 3 aromatic carbocycles. The van der Waals surface area contributed by atoms with Crippen LogP contribution in [0.2, 0.25) is 10.0 Å². The molecule has 9 heteroatoms. The average Bonchev–Trinajstić information content (AvgIpc) is 2.84. The van der Waals surface area contributed by atoms with Gasteiger partial charge in [-0.15, -0.1) is 0 Å². The van der Waals surface area contributed by atoms with E-state index in [0.29, 0.717) is 51.3 Å². The molecule has 0 fully saturated rings. The lowest BCUT2D eigenvalue weighted by molar-refractivity contribution is 0.254. The Morgan fingerprint density at radius 3 is 2.28 bits per heavy atom. The lowest BCUT2D eigenvalue weighted by Gasteiger charge is -2.32. The summed E-state index contributed by atoms with van der Waals surface area (Å²) in [6, 6.07) is 13.5. The number of urea groups is 1.